The van der Waals surface area contributed by atoms with Crippen molar-refractivity contribution in [2.75, 3.05) is 13.1 Å². The van der Waals surface area contributed by atoms with Crippen LogP contribution in [0, 0.1) is 5.92 Å². The van der Waals surface area contributed by atoms with Crippen molar-refractivity contribution in [1.29, 1.82) is 0 Å². The summed E-state index contributed by atoms with van der Waals surface area (Å²) in [6.45, 7) is 5.35. The molecule has 84 valence electrons. The van der Waals surface area contributed by atoms with Crippen LogP contribution in [0.15, 0.2) is 11.4 Å². The first-order chi connectivity index (χ1) is 7.16. The number of hydrogen-bond donors (Lipinski definition) is 1. The summed E-state index contributed by atoms with van der Waals surface area (Å²) in [5.74, 6) is 0.655. The van der Waals surface area contributed by atoms with Crippen LogP contribution in [0.5, 0.6) is 0 Å². The molecule has 2 atom stereocenters. The Labute approximate surface area is 100 Å². The van der Waals surface area contributed by atoms with E-state index in [1.807, 2.05) is 0 Å². The van der Waals surface area contributed by atoms with Crippen LogP contribution in [0.2, 0.25) is 4.34 Å². The van der Waals surface area contributed by atoms with Gasteiger partial charge in [-0.3, -0.25) is 4.90 Å². The zero-order valence-corrected chi connectivity index (χ0v) is 10.5. The number of thiophene rings is 1. The van der Waals surface area contributed by atoms with Gasteiger partial charge >= 0.3 is 0 Å². The lowest BCUT2D eigenvalue weighted by molar-refractivity contribution is 0.309. The molecular weight excluding hydrogens is 228 g/mol. The van der Waals surface area contributed by atoms with E-state index in [4.69, 9.17) is 17.3 Å². The van der Waals surface area contributed by atoms with Gasteiger partial charge in [-0.25, -0.2) is 0 Å². The number of halogens is 1. The second kappa shape index (κ2) is 4.83. The second-order valence-corrected chi connectivity index (χ2v) is 5.88. The average Bonchev–Trinajstić information content (AvgIpc) is 2.77. The van der Waals surface area contributed by atoms with Crippen LogP contribution in [0.3, 0.4) is 0 Å². The van der Waals surface area contributed by atoms with E-state index in [0.717, 1.165) is 24.0 Å². The van der Waals surface area contributed by atoms with E-state index in [0.29, 0.717) is 12.0 Å². The van der Waals surface area contributed by atoms with Crippen molar-refractivity contribution in [3.05, 3.63) is 21.3 Å². The average molecular weight is 245 g/mol. The van der Waals surface area contributed by atoms with E-state index >= 15 is 0 Å². The minimum atomic E-state index is 0.313. The number of likely N-dealkylation sites (tertiary alicyclic amines) is 1. The van der Waals surface area contributed by atoms with Gasteiger partial charge in [0.1, 0.15) is 0 Å². The largest absolute Gasteiger partial charge is 0.328 e. The Bertz CT molecular complexity index is 324. The van der Waals surface area contributed by atoms with Gasteiger partial charge in [-0.1, -0.05) is 11.6 Å². The monoisotopic (exact) mass is 244 g/mol. The predicted octanol–water partition coefficient (Wildman–Crippen LogP) is 2.57. The van der Waals surface area contributed by atoms with Crippen molar-refractivity contribution >= 4 is 22.9 Å². The molecule has 0 radical (unpaired) electrons. The van der Waals surface area contributed by atoms with Gasteiger partial charge in [-0.2, -0.15) is 0 Å². The lowest BCUT2D eigenvalue weighted by Crippen LogP contribution is -2.29. The number of hydrogen-bond acceptors (Lipinski definition) is 3. The molecule has 2 heterocycles. The molecule has 15 heavy (non-hydrogen) atoms. The highest BCUT2D eigenvalue weighted by atomic mass is 35.5. The third-order valence-corrected chi connectivity index (χ3v) is 4.39. The third kappa shape index (κ3) is 2.72. The molecule has 0 spiro atoms. The van der Waals surface area contributed by atoms with Crippen molar-refractivity contribution in [3.63, 3.8) is 0 Å². The van der Waals surface area contributed by atoms with Crippen molar-refractivity contribution in [2.45, 2.75) is 25.9 Å². The van der Waals surface area contributed by atoms with Crippen molar-refractivity contribution < 1.29 is 0 Å². The first-order valence-electron chi connectivity index (χ1n) is 5.36. The fraction of sp³-hybridized carbons (Fsp3) is 0.636. The van der Waals surface area contributed by atoms with E-state index in [9.17, 15) is 0 Å². The molecule has 0 bridgehead atoms. The van der Waals surface area contributed by atoms with Crippen LogP contribution in [0.25, 0.3) is 0 Å². The number of nitrogens with zero attached hydrogens (tertiary/aromatic N) is 1. The lowest BCUT2D eigenvalue weighted by Gasteiger charge is -2.17. The molecule has 1 saturated heterocycles. The zero-order chi connectivity index (χ0) is 10.8. The highest BCUT2D eigenvalue weighted by Gasteiger charge is 2.25. The molecule has 2 unspecified atom stereocenters. The van der Waals surface area contributed by atoms with Crippen LogP contribution < -0.4 is 5.73 Å². The molecule has 1 aliphatic rings. The fourth-order valence-electron chi connectivity index (χ4n) is 2.11. The van der Waals surface area contributed by atoms with Gasteiger partial charge in [0.2, 0.25) is 0 Å². The minimum absolute atomic E-state index is 0.313. The molecule has 0 saturated carbocycles. The van der Waals surface area contributed by atoms with Crippen LogP contribution >= 0.6 is 22.9 Å². The van der Waals surface area contributed by atoms with Crippen molar-refractivity contribution in [1.82, 2.24) is 4.90 Å². The van der Waals surface area contributed by atoms with E-state index in [1.54, 1.807) is 11.3 Å². The lowest BCUT2D eigenvalue weighted by atomic mass is 10.0. The Balaban J connectivity index is 1.90. The van der Waals surface area contributed by atoms with Gasteiger partial charge in [0, 0.05) is 19.1 Å². The molecule has 2 rings (SSSR count). The van der Waals surface area contributed by atoms with Gasteiger partial charge in [0.05, 0.1) is 4.34 Å². The summed E-state index contributed by atoms with van der Waals surface area (Å²) >= 11 is 7.69. The van der Waals surface area contributed by atoms with Gasteiger partial charge < -0.3 is 5.73 Å². The van der Waals surface area contributed by atoms with E-state index in [-0.39, 0.29) is 0 Å². The molecular formula is C11H17ClN2S. The normalized spacial score (nSPS) is 24.6. The summed E-state index contributed by atoms with van der Waals surface area (Å²) in [6.07, 6.45) is 1.22. The van der Waals surface area contributed by atoms with Gasteiger partial charge in [-0.15, -0.1) is 11.3 Å². The molecule has 2 N–H and O–H groups in total. The smallest absolute Gasteiger partial charge is 0.0973 e. The molecule has 0 aromatic carbocycles. The first-order valence-corrected chi connectivity index (χ1v) is 6.62. The SMILES string of the molecule is CC(N)C1CCN(Cc2ccsc2Cl)C1. The summed E-state index contributed by atoms with van der Waals surface area (Å²) < 4.78 is 0.930. The molecule has 1 aromatic rings. The number of nitrogens with two attached hydrogens (primary N) is 1. The Morgan fingerprint density at radius 1 is 1.73 bits per heavy atom. The van der Waals surface area contributed by atoms with E-state index in [1.165, 1.54) is 12.0 Å². The third-order valence-electron chi connectivity index (χ3n) is 3.14. The Morgan fingerprint density at radius 3 is 3.07 bits per heavy atom. The molecule has 1 aliphatic heterocycles. The van der Waals surface area contributed by atoms with Crippen LogP contribution in [-0.2, 0) is 6.54 Å². The summed E-state index contributed by atoms with van der Waals surface area (Å²) in [5.41, 5.74) is 7.17. The topological polar surface area (TPSA) is 29.3 Å². The summed E-state index contributed by atoms with van der Waals surface area (Å²) in [5, 5.41) is 2.05. The van der Waals surface area contributed by atoms with Crippen molar-refractivity contribution in [3.8, 4) is 0 Å². The second-order valence-electron chi connectivity index (χ2n) is 4.36. The molecule has 1 fully saturated rings. The quantitative estimate of drug-likeness (QED) is 0.886. The predicted molar refractivity (Wildman–Crippen MR) is 66.4 cm³/mol. The zero-order valence-electron chi connectivity index (χ0n) is 8.95. The molecule has 0 aliphatic carbocycles. The van der Waals surface area contributed by atoms with Crippen LogP contribution in [0.4, 0.5) is 0 Å². The standard InChI is InChI=1S/C11H17ClN2S/c1-8(13)9-2-4-14(6-9)7-10-3-5-15-11(10)12/h3,5,8-9H,2,4,6-7,13H2,1H3. The van der Waals surface area contributed by atoms with Crippen molar-refractivity contribution in [2.24, 2.45) is 11.7 Å². The number of rotatable bonds is 3. The van der Waals surface area contributed by atoms with E-state index < -0.39 is 0 Å². The highest BCUT2D eigenvalue weighted by Crippen LogP contribution is 2.27. The minimum Gasteiger partial charge on any atom is -0.328 e. The summed E-state index contributed by atoms with van der Waals surface area (Å²) in [4.78, 5) is 2.45. The van der Waals surface area contributed by atoms with E-state index in [2.05, 4.69) is 23.3 Å². The van der Waals surface area contributed by atoms with Crippen LogP contribution in [0.1, 0.15) is 18.9 Å². The van der Waals surface area contributed by atoms with Gasteiger partial charge in [0.25, 0.3) is 0 Å². The molecule has 1 aromatic heterocycles. The maximum absolute atomic E-state index is 6.08. The Hall–Kier alpha value is -0.0900. The summed E-state index contributed by atoms with van der Waals surface area (Å²) in [6, 6.07) is 2.43. The molecule has 2 nitrogen and oxygen atoms in total. The summed E-state index contributed by atoms with van der Waals surface area (Å²) in [7, 11) is 0. The fourth-order valence-corrected chi connectivity index (χ4v) is 3.02. The first kappa shape index (κ1) is 11.4. The molecule has 0 amide bonds. The Morgan fingerprint density at radius 2 is 2.53 bits per heavy atom. The maximum Gasteiger partial charge on any atom is 0.0973 e. The Kier molecular flexibility index (Phi) is 3.67. The molecule has 4 heteroatoms. The van der Waals surface area contributed by atoms with Gasteiger partial charge in [0.15, 0.2) is 0 Å². The van der Waals surface area contributed by atoms with Crippen LogP contribution in [-0.4, -0.2) is 24.0 Å². The maximum atomic E-state index is 6.08. The highest BCUT2D eigenvalue weighted by molar-refractivity contribution is 7.14. The van der Waals surface area contributed by atoms with Gasteiger partial charge in [-0.05, 0) is 42.8 Å².